The standard InChI is InChI=1S/C29H23N3O4S/c1-29(2,3)17-11-12-18-22(15-17)37-28(31-18)32-24(19-9-6-7-13-30-19)23(26(34)27(32)35)25(33)21-14-16-8-4-5-10-20(16)36-21/h4-15,24,34H,1-3H3. The van der Waals surface area contributed by atoms with E-state index in [-0.39, 0.29) is 16.7 Å². The van der Waals surface area contributed by atoms with E-state index in [1.807, 2.05) is 30.3 Å². The number of thiazole rings is 1. The quantitative estimate of drug-likeness (QED) is 0.277. The number of nitrogens with zero attached hydrogens (tertiary/aromatic N) is 3. The average Bonchev–Trinajstić information content (AvgIpc) is 3.57. The molecule has 5 aromatic rings. The van der Waals surface area contributed by atoms with Crippen LogP contribution in [0.5, 0.6) is 0 Å². The van der Waals surface area contributed by atoms with Gasteiger partial charge in [-0.05, 0) is 47.4 Å². The molecule has 0 fully saturated rings. The molecule has 1 aliphatic heterocycles. The first-order valence-electron chi connectivity index (χ1n) is 11.8. The van der Waals surface area contributed by atoms with Crippen molar-refractivity contribution in [3.05, 3.63) is 101 Å². The van der Waals surface area contributed by atoms with Crippen molar-refractivity contribution in [2.45, 2.75) is 32.2 Å². The molecule has 1 N–H and O–H groups in total. The van der Waals surface area contributed by atoms with E-state index in [1.165, 1.54) is 16.2 Å². The average molecular weight is 510 g/mol. The van der Waals surface area contributed by atoms with Crippen molar-refractivity contribution >= 4 is 49.3 Å². The van der Waals surface area contributed by atoms with Crippen LogP contribution in [0.4, 0.5) is 5.13 Å². The number of aliphatic hydroxyl groups excluding tert-OH is 1. The summed E-state index contributed by atoms with van der Waals surface area (Å²) in [4.78, 5) is 37.7. The van der Waals surface area contributed by atoms with Crippen molar-refractivity contribution in [2.75, 3.05) is 4.90 Å². The van der Waals surface area contributed by atoms with E-state index in [4.69, 9.17) is 9.40 Å². The summed E-state index contributed by atoms with van der Waals surface area (Å²) in [6.45, 7) is 6.40. The molecule has 8 heteroatoms. The van der Waals surface area contributed by atoms with Crippen molar-refractivity contribution < 1.29 is 19.1 Å². The zero-order valence-electron chi connectivity index (χ0n) is 20.4. The Balaban J connectivity index is 1.48. The molecule has 1 atom stereocenters. The minimum Gasteiger partial charge on any atom is -0.503 e. The SMILES string of the molecule is CC(C)(C)c1ccc2nc(N3C(=O)C(O)=C(C(=O)c4cc5ccccc5o4)C3c3ccccn3)sc2c1. The fraction of sp³-hybridized carbons (Fsp3) is 0.172. The van der Waals surface area contributed by atoms with E-state index < -0.39 is 23.5 Å². The van der Waals surface area contributed by atoms with E-state index in [9.17, 15) is 14.7 Å². The van der Waals surface area contributed by atoms with Crippen LogP contribution in [0.3, 0.4) is 0 Å². The van der Waals surface area contributed by atoms with Gasteiger partial charge in [0.25, 0.3) is 5.91 Å². The molecule has 0 saturated carbocycles. The Morgan fingerprint density at radius 3 is 2.57 bits per heavy atom. The van der Waals surface area contributed by atoms with Gasteiger partial charge < -0.3 is 9.52 Å². The first kappa shape index (κ1) is 23.1. The van der Waals surface area contributed by atoms with Crippen LogP contribution in [-0.2, 0) is 10.2 Å². The Kier molecular flexibility index (Phi) is 5.24. The van der Waals surface area contributed by atoms with Crippen molar-refractivity contribution in [3.63, 3.8) is 0 Å². The number of amides is 1. The van der Waals surface area contributed by atoms with Crippen LogP contribution >= 0.6 is 11.3 Å². The Morgan fingerprint density at radius 1 is 1.05 bits per heavy atom. The molecule has 0 aliphatic carbocycles. The number of benzene rings is 2. The van der Waals surface area contributed by atoms with Crippen LogP contribution in [0.1, 0.15) is 48.6 Å². The number of anilines is 1. The van der Waals surface area contributed by atoms with E-state index in [0.29, 0.717) is 16.4 Å². The highest BCUT2D eigenvalue weighted by molar-refractivity contribution is 7.22. The molecule has 0 radical (unpaired) electrons. The lowest BCUT2D eigenvalue weighted by Gasteiger charge is -2.23. The van der Waals surface area contributed by atoms with Gasteiger partial charge in [0.15, 0.2) is 16.7 Å². The largest absolute Gasteiger partial charge is 0.503 e. The smallest absolute Gasteiger partial charge is 0.296 e. The first-order chi connectivity index (χ1) is 17.7. The molecule has 3 aromatic heterocycles. The lowest BCUT2D eigenvalue weighted by Crippen LogP contribution is -2.31. The van der Waals surface area contributed by atoms with Crippen LogP contribution in [0.25, 0.3) is 21.2 Å². The number of aromatic nitrogens is 2. The van der Waals surface area contributed by atoms with Crippen LogP contribution < -0.4 is 4.90 Å². The maximum atomic E-state index is 13.7. The highest BCUT2D eigenvalue weighted by Crippen LogP contribution is 2.44. The lowest BCUT2D eigenvalue weighted by atomic mass is 9.87. The number of pyridine rings is 1. The molecule has 184 valence electrons. The monoisotopic (exact) mass is 509 g/mol. The van der Waals surface area contributed by atoms with Gasteiger partial charge in [-0.15, -0.1) is 0 Å². The van der Waals surface area contributed by atoms with E-state index in [1.54, 1.807) is 36.5 Å². The number of carbonyl (C=O) groups is 2. The second-order valence-corrected chi connectivity index (χ2v) is 11.0. The fourth-order valence-corrected chi connectivity index (χ4v) is 5.59. The summed E-state index contributed by atoms with van der Waals surface area (Å²) in [5.41, 5.74) is 2.72. The Bertz CT molecular complexity index is 1690. The number of ketones is 1. The minimum absolute atomic E-state index is 0.0393. The molecule has 1 unspecified atom stereocenters. The van der Waals surface area contributed by atoms with E-state index >= 15 is 0 Å². The third-order valence-corrected chi connectivity index (χ3v) is 7.54. The predicted molar refractivity (Wildman–Crippen MR) is 143 cm³/mol. The van der Waals surface area contributed by atoms with Gasteiger partial charge in [0.05, 0.1) is 21.5 Å². The molecule has 7 nitrogen and oxygen atoms in total. The van der Waals surface area contributed by atoms with Gasteiger partial charge in [0.2, 0.25) is 5.78 Å². The number of aliphatic hydroxyl groups is 1. The zero-order chi connectivity index (χ0) is 25.9. The maximum absolute atomic E-state index is 13.7. The van der Waals surface area contributed by atoms with Gasteiger partial charge in [-0.3, -0.25) is 19.5 Å². The van der Waals surface area contributed by atoms with Crippen molar-refractivity contribution in [3.8, 4) is 0 Å². The second kappa shape index (κ2) is 8.38. The van der Waals surface area contributed by atoms with Crippen LogP contribution in [-0.4, -0.2) is 26.8 Å². The number of carbonyl (C=O) groups excluding carboxylic acids is 2. The predicted octanol–water partition coefficient (Wildman–Crippen LogP) is 6.52. The number of hydrogen-bond acceptors (Lipinski definition) is 7. The number of furan rings is 1. The summed E-state index contributed by atoms with van der Waals surface area (Å²) >= 11 is 1.34. The molecular formula is C29H23N3O4S. The van der Waals surface area contributed by atoms with E-state index in [2.05, 4.69) is 31.8 Å². The Labute approximate surface area is 216 Å². The van der Waals surface area contributed by atoms with Gasteiger partial charge in [-0.2, -0.15) is 0 Å². The summed E-state index contributed by atoms with van der Waals surface area (Å²) in [5.74, 6) is -1.87. The zero-order valence-corrected chi connectivity index (χ0v) is 21.2. The van der Waals surface area contributed by atoms with Gasteiger partial charge >= 0.3 is 0 Å². The third-order valence-electron chi connectivity index (χ3n) is 6.52. The summed E-state index contributed by atoms with van der Waals surface area (Å²) in [6.07, 6.45) is 1.59. The summed E-state index contributed by atoms with van der Waals surface area (Å²) in [5, 5.41) is 12.2. The minimum atomic E-state index is -0.961. The van der Waals surface area contributed by atoms with Gasteiger partial charge in [-0.25, -0.2) is 4.98 Å². The highest BCUT2D eigenvalue weighted by atomic mass is 32.1. The Hall–Kier alpha value is -4.30. The molecule has 4 heterocycles. The van der Waals surface area contributed by atoms with Crippen molar-refractivity contribution in [2.24, 2.45) is 0 Å². The van der Waals surface area contributed by atoms with Gasteiger partial charge in [0.1, 0.15) is 11.6 Å². The van der Waals surface area contributed by atoms with Crippen molar-refractivity contribution in [1.82, 2.24) is 9.97 Å². The number of para-hydroxylation sites is 1. The summed E-state index contributed by atoms with van der Waals surface area (Å²) < 4.78 is 6.69. The van der Waals surface area contributed by atoms with Gasteiger partial charge in [-0.1, -0.05) is 62.4 Å². The fourth-order valence-electron chi connectivity index (χ4n) is 4.56. The molecule has 37 heavy (non-hydrogen) atoms. The third kappa shape index (κ3) is 3.81. The second-order valence-electron chi connectivity index (χ2n) is 10.0. The lowest BCUT2D eigenvalue weighted by molar-refractivity contribution is -0.117. The number of hydrogen-bond donors (Lipinski definition) is 1. The molecule has 1 amide bonds. The topological polar surface area (TPSA) is 96.5 Å². The molecular weight excluding hydrogens is 486 g/mol. The summed E-state index contributed by atoms with van der Waals surface area (Å²) in [6, 6.07) is 19.2. The molecule has 0 spiro atoms. The first-order valence-corrected chi connectivity index (χ1v) is 12.7. The molecule has 0 saturated heterocycles. The maximum Gasteiger partial charge on any atom is 0.296 e. The Morgan fingerprint density at radius 2 is 1.84 bits per heavy atom. The highest BCUT2D eigenvalue weighted by Gasteiger charge is 2.47. The number of Topliss-reactive ketones (excluding diaryl/α,β-unsaturated/α-hetero) is 1. The number of rotatable bonds is 4. The van der Waals surface area contributed by atoms with E-state index in [0.717, 1.165) is 21.2 Å². The molecule has 6 rings (SSSR count). The van der Waals surface area contributed by atoms with Crippen LogP contribution in [0, 0.1) is 0 Å². The molecule has 2 aromatic carbocycles. The normalized spacial score (nSPS) is 16.4. The molecule has 0 bridgehead atoms. The van der Waals surface area contributed by atoms with Crippen LogP contribution in [0.15, 0.2) is 88.7 Å². The van der Waals surface area contributed by atoms with Gasteiger partial charge in [0, 0.05) is 11.6 Å². The van der Waals surface area contributed by atoms with Crippen LogP contribution in [0.2, 0.25) is 0 Å². The summed E-state index contributed by atoms with van der Waals surface area (Å²) in [7, 11) is 0. The van der Waals surface area contributed by atoms with Crippen molar-refractivity contribution in [1.29, 1.82) is 0 Å². The molecule has 1 aliphatic rings. The number of fused-ring (bicyclic) bond motifs is 2.